The summed E-state index contributed by atoms with van der Waals surface area (Å²) in [4.78, 5) is 10.7. The minimum Gasteiger partial charge on any atom is -0.465 e. The Morgan fingerprint density at radius 3 is 2.33 bits per heavy atom. The van der Waals surface area contributed by atoms with Crippen LogP contribution < -0.4 is 5.32 Å². The summed E-state index contributed by atoms with van der Waals surface area (Å²) < 4.78 is 13.5. The van der Waals surface area contributed by atoms with Gasteiger partial charge in [-0.25, -0.2) is 9.18 Å². The highest BCUT2D eigenvalue weighted by Crippen LogP contribution is 2.20. The summed E-state index contributed by atoms with van der Waals surface area (Å²) in [6, 6.07) is 13.4. The van der Waals surface area contributed by atoms with Crippen molar-refractivity contribution in [1.82, 2.24) is 0 Å². The third-order valence-electron chi connectivity index (χ3n) is 2.60. The van der Waals surface area contributed by atoms with Crippen LogP contribution in [-0.4, -0.2) is 11.2 Å². The number of carbonyl (C=O) groups is 1. The highest BCUT2D eigenvalue weighted by atomic mass is 19.1. The van der Waals surface area contributed by atoms with Crippen LogP contribution in [0.4, 0.5) is 14.9 Å². The number of amides is 1. The number of nitrogens with one attached hydrogen (secondary N) is 1. The molecule has 0 saturated heterocycles. The summed E-state index contributed by atoms with van der Waals surface area (Å²) in [7, 11) is 0. The smallest absolute Gasteiger partial charge is 0.409 e. The van der Waals surface area contributed by atoms with Crippen molar-refractivity contribution in [2.75, 3.05) is 5.32 Å². The average Bonchev–Trinajstić information content (AvgIpc) is 2.34. The van der Waals surface area contributed by atoms with Crippen LogP contribution in [0.25, 0.3) is 0 Å². The van der Waals surface area contributed by atoms with E-state index in [1.54, 1.807) is 42.5 Å². The molecule has 0 atom stereocenters. The Hall–Kier alpha value is -2.36. The zero-order valence-corrected chi connectivity index (χ0v) is 9.56. The molecule has 0 unspecified atom stereocenters. The highest BCUT2D eigenvalue weighted by Gasteiger charge is 2.07. The molecule has 3 nitrogen and oxygen atoms in total. The molecule has 0 aliphatic carbocycles. The molecule has 0 fully saturated rings. The van der Waals surface area contributed by atoms with Crippen molar-refractivity contribution in [3.63, 3.8) is 0 Å². The first-order valence-electron chi connectivity index (χ1n) is 5.48. The predicted molar refractivity (Wildman–Crippen MR) is 67.3 cm³/mol. The van der Waals surface area contributed by atoms with Crippen LogP contribution >= 0.6 is 0 Å². The van der Waals surface area contributed by atoms with Gasteiger partial charge in [0.15, 0.2) is 0 Å². The second-order valence-electron chi connectivity index (χ2n) is 3.86. The largest absolute Gasteiger partial charge is 0.465 e. The van der Waals surface area contributed by atoms with E-state index in [-0.39, 0.29) is 5.82 Å². The number of para-hydroxylation sites is 1. The van der Waals surface area contributed by atoms with Crippen molar-refractivity contribution < 1.29 is 14.3 Å². The molecular formula is C14H12FNO2. The third kappa shape index (κ3) is 2.85. The van der Waals surface area contributed by atoms with E-state index < -0.39 is 6.09 Å². The molecule has 18 heavy (non-hydrogen) atoms. The Balaban J connectivity index is 2.29. The summed E-state index contributed by atoms with van der Waals surface area (Å²) >= 11 is 0. The monoisotopic (exact) mass is 245 g/mol. The fourth-order valence-electron chi connectivity index (χ4n) is 1.76. The molecule has 0 bridgehead atoms. The van der Waals surface area contributed by atoms with Gasteiger partial charge in [0.2, 0.25) is 0 Å². The van der Waals surface area contributed by atoms with Crippen LogP contribution in [-0.2, 0) is 6.42 Å². The van der Waals surface area contributed by atoms with Gasteiger partial charge in [0, 0.05) is 12.1 Å². The van der Waals surface area contributed by atoms with Gasteiger partial charge in [0.05, 0.1) is 0 Å². The molecule has 2 rings (SSSR count). The maximum absolute atomic E-state index is 13.5. The zero-order valence-electron chi connectivity index (χ0n) is 9.56. The van der Waals surface area contributed by atoms with Gasteiger partial charge in [-0.05, 0) is 23.3 Å². The lowest BCUT2D eigenvalue weighted by Gasteiger charge is -2.09. The molecule has 2 N–H and O–H groups in total. The minimum atomic E-state index is -1.13. The molecule has 0 aliphatic heterocycles. The number of halogens is 1. The Kier molecular flexibility index (Phi) is 3.57. The van der Waals surface area contributed by atoms with E-state index in [0.717, 1.165) is 5.56 Å². The number of anilines is 1. The summed E-state index contributed by atoms with van der Waals surface area (Å²) in [5, 5.41) is 11.0. The molecular weight excluding hydrogens is 233 g/mol. The molecule has 0 heterocycles. The number of hydrogen-bond donors (Lipinski definition) is 2. The van der Waals surface area contributed by atoms with Gasteiger partial charge in [-0.2, -0.15) is 0 Å². The first-order chi connectivity index (χ1) is 8.66. The van der Waals surface area contributed by atoms with E-state index in [4.69, 9.17) is 5.11 Å². The Morgan fingerprint density at radius 1 is 1.06 bits per heavy atom. The maximum atomic E-state index is 13.5. The first kappa shape index (κ1) is 12.1. The molecule has 92 valence electrons. The first-order valence-corrected chi connectivity index (χ1v) is 5.48. The van der Waals surface area contributed by atoms with E-state index in [2.05, 4.69) is 5.32 Å². The van der Waals surface area contributed by atoms with Crippen LogP contribution in [0.5, 0.6) is 0 Å². The van der Waals surface area contributed by atoms with Crippen LogP contribution in [0.2, 0.25) is 0 Å². The summed E-state index contributed by atoms with van der Waals surface area (Å²) in [6.07, 6.45) is -0.778. The summed E-state index contributed by atoms with van der Waals surface area (Å²) in [5.41, 5.74) is 1.76. The fraction of sp³-hybridized carbons (Fsp3) is 0.0714. The maximum Gasteiger partial charge on any atom is 0.409 e. The molecule has 0 spiro atoms. The van der Waals surface area contributed by atoms with E-state index >= 15 is 0 Å². The molecule has 2 aromatic carbocycles. The third-order valence-corrected chi connectivity index (χ3v) is 2.60. The SMILES string of the molecule is O=C(O)Nc1ccccc1Cc1ccccc1F. The lowest BCUT2D eigenvalue weighted by molar-refractivity contribution is 0.209. The average molecular weight is 245 g/mol. The highest BCUT2D eigenvalue weighted by molar-refractivity contribution is 5.84. The van der Waals surface area contributed by atoms with Crippen LogP contribution in [0.1, 0.15) is 11.1 Å². The fourth-order valence-corrected chi connectivity index (χ4v) is 1.76. The Labute approximate surface area is 104 Å². The van der Waals surface area contributed by atoms with Gasteiger partial charge in [-0.15, -0.1) is 0 Å². The van der Waals surface area contributed by atoms with E-state index in [0.29, 0.717) is 17.7 Å². The lowest BCUT2D eigenvalue weighted by atomic mass is 10.0. The lowest BCUT2D eigenvalue weighted by Crippen LogP contribution is -2.09. The normalized spacial score (nSPS) is 10.1. The number of carboxylic acid groups (broad SMARTS) is 1. The zero-order chi connectivity index (χ0) is 13.0. The second-order valence-corrected chi connectivity index (χ2v) is 3.86. The molecule has 0 radical (unpaired) electrons. The Morgan fingerprint density at radius 2 is 1.67 bits per heavy atom. The second kappa shape index (κ2) is 5.31. The summed E-state index contributed by atoms with van der Waals surface area (Å²) in [6.45, 7) is 0. The topological polar surface area (TPSA) is 49.3 Å². The van der Waals surface area contributed by atoms with Gasteiger partial charge in [0.1, 0.15) is 5.82 Å². The van der Waals surface area contributed by atoms with E-state index in [1.807, 2.05) is 0 Å². The van der Waals surface area contributed by atoms with E-state index in [1.165, 1.54) is 6.07 Å². The molecule has 0 aliphatic rings. The van der Waals surface area contributed by atoms with Gasteiger partial charge < -0.3 is 5.11 Å². The van der Waals surface area contributed by atoms with Crippen molar-refractivity contribution in [3.05, 3.63) is 65.5 Å². The van der Waals surface area contributed by atoms with Crippen molar-refractivity contribution in [2.24, 2.45) is 0 Å². The molecule has 0 saturated carbocycles. The standard InChI is InChI=1S/C14H12FNO2/c15-12-7-3-1-5-10(12)9-11-6-2-4-8-13(11)16-14(17)18/h1-8,16H,9H2,(H,17,18). The van der Waals surface area contributed by atoms with Crippen LogP contribution in [0, 0.1) is 5.82 Å². The molecule has 1 amide bonds. The van der Waals surface area contributed by atoms with Crippen molar-refractivity contribution in [3.8, 4) is 0 Å². The molecule has 2 aromatic rings. The van der Waals surface area contributed by atoms with Gasteiger partial charge in [-0.3, -0.25) is 5.32 Å². The van der Waals surface area contributed by atoms with Crippen molar-refractivity contribution in [1.29, 1.82) is 0 Å². The summed E-state index contributed by atoms with van der Waals surface area (Å²) in [5.74, 6) is -0.289. The molecule has 0 aromatic heterocycles. The van der Waals surface area contributed by atoms with Gasteiger partial charge >= 0.3 is 6.09 Å². The van der Waals surface area contributed by atoms with E-state index in [9.17, 15) is 9.18 Å². The van der Waals surface area contributed by atoms with Crippen molar-refractivity contribution in [2.45, 2.75) is 6.42 Å². The number of benzene rings is 2. The molecule has 4 heteroatoms. The predicted octanol–water partition coefficient (Wildman–Crippen LogP) is 3.51. The van der Waals surface area contributed by atoms with Gasteiger partial charge in [0.25, 0.3) is 0 Å². The van der Waals surface area contributed by atoms with Gasteiger partial charge in [-0.1, -0.05) is 36.4 Å². The Bertz CT molecular complexity index is 569. The minimum absolute atomic E-state index is 0.289. The number of rotatable bonds is 3. The number of hydrogen-bond acceptors (Lipinski definition) is 1. The van der Waals surface area contributed by atoms with Crippen molar-refractivity contribution >= 4 is 11.8 Å². The van der Waals surface area contributed by atoms with Crippen LogP contribution in [0.15, 0.2) is 48.5 Å². The quantitative estimate of drug-likeness (QED) is 0.869. The van der Waals surface area contributed by atoms with Crippen LogP contribution in [0.3, 0.4) is 0 Å².